The van der Waals surface area contributed by atoms with Gasteiger partial charge >= 0.3 is 0 Å². The maximum Gasteiger partial charge on any atom is 0.291 e. The second kappa shape index (κ2) is 6.65. The lowest BCUT2D eigenvalue weighted by atomic mass is 10.3. The largest absolute Gasteiger partial charge is 0.323 e. The van der Waals surface area contributed by atoms with Gasteiger partial charge in [-0.2, -0.15) is 5.10 Å². The Labute approximate surface area is 164 Å². The number of fused-ring (bicyclic) bond motifs is 3. The lowest BCUT2D eigenvalue weighted by Gasteiger charge is -2.05. The van der Waals surface area contributed by atoms with E-state index in [0.29, 0.717) is 18.5 Å². The molecule has 8 heteroatoms. The van der Waals surface area contributed by atoms with Crippen molar-refractivity contribution in [1.29, 1.82) is 0 Å². The van der Waals surface area contributed by atoms with Crippen molar-refractivity contribution in [1.82, 2.24) is 29.3 Å². The molecule has 5 aromatic heterocycles. The average molecular weight is 388 g/mol. The minimum atomic E-state index is -0.125. The van der Waals surface area contributed by atoms with Crippen molar-refractivity contribution in [3.63, 3.8) is 0 Å². The zero-order chi connectivity index (χ0) is 19.1. The molecule has 0 amide bonds. The number of rotatable bonds is 4. The molecule has 0 unspecified atom stereocenters. The first-order valence-electron chi connectivity index (χ1n) is 8.83. The Kier molecular flexibility index (Phi) is 3.98. The second-order valence-electron chi connectivity index (χ2n) is 6.55. The summed E-state index contributed by atoms with van der Waals surface area (Å²) in [5.74, 6) is 0. The molecule has 0 saturated heterocycles. The van der Waals surface area contributed by atoms with Crippen LogP contribution < -0.4 is 5.56 Å². The van der Waals surface area contributed by atoms with Gasteiger partial charge in [0.2, 0.25) is 0 Å². The lowest BCUT2D eigenvalue weighted by Crippen LogP contribution is -2.24. The van der Waals surface area contributed by atoms with Gasteiger partial charge in [0.05, 0.1) is 17.4 Å². The number of hydrogen-bond acceptors (Lipinski definition) is 6. The van der Waals surface area contributed by atoms with Gasteiger partial charge in [0, 0.05) is 43.1 Å². The molecule has 0 radical (unpaired) electrons. The molecule has 0 bridgehead atoms. The normalized spacial score (nSPS) is 11.5. The van der Waals surface area contributed by atoms with Crippen molar-refractivity contribution in [3.05, 3.63) is 81.7 Å². The summed E-state index contributed by atoms with van der Waals surface area (Å²) in [6.07, 6.45) is 7.67. The van der Waals surface area contributed by atoms with Crippen molar-refractivity contribution >= 4 is 32.6 Å². The van der Waals surface area contributed by atoms with Gasteiger partial charge in [-0.3, -0.25) is 14.8 Å². The molecule has 5 rings (SSSR count). The van der Waals surface area contributed by atoms with Gasteiger partial charge in [-0.05, 0) is 23.8 Å². The summed E-state index contributed by atoms with van der Waals surface area (Å²) in [5, 5.41) is 6.20. The summed E-state index contributed by atoms with van der Waals surface area (Å²) in [7, 11) is 1.88. The number of aryl methyl sites for hydroxylation is 1. The Morgan fingerprint density at radius 3 is 2.82 bits per heavy atom. The monoisotopic (exact) mass is 388 g/mol. The van der Waals surface area contributed by atoms with Crippen LogP contribution in [0.2, 0.25) is 0 Å². The molecule has 0 aliphatic carbocycles. The van der Waals surface area contributed by atoms with Crippen LogP contribution in [0.3, 0.4) is 0 Å². The van der Waals surface area contributed by atoms with Crippen molar-refractivity contribution < 1.29 is 0 Å². The number of pyridine rings is 2. The SMILES string of the molecule is Cn1c2nc(Cc3ccccn3)sc2c2cnn(Cc3cccnc3)c(=O)c21. The van der Waals surface area contributed by atoms with Crippen LogP contribution in [-0.4, -0.2) is 29.3 Å². The molecule has 0 aliphatic heterocycles. The molecule has 0 N–H and O–H groups in total. The Balaban J connectivity index is 1.58. The second-order valence-corrected chi connectivity index (χ2v) is 7.63. The van der Waals surface area contributed by atoms with Crippen LogP contribution in [-0.2, 0) is 20.0 Å². The smallest absolute Gasteiger partial charge is 0.291 e. The van der Waals surface area contributed by atoms with Crippen molar-refractivity contribution in [3.8, 4) is 0 Å². The highest BCUT2D eigenvalue weighted by Crippen LogP contribution is 2.31. The van der Waals surface area contributed by atoms with Gasteiger partial charge in [-0.15, -0.1) is 11.3 Å². The van der Waals surface area contributed by atoms with Gasteiger partial charge in [0.15, 0.2) is 5.65 Å². The quantitative estimate of drug-likeness (QED) is 0.473. The summed E-state index contributed by atoms with van der Waals surface area (Å²) in [6.45, 7) is 0.389. The van der Waals surface area contributed by atoms with Crippen molar-refractivity contribution in [2.24, 2.45) is 7.05 Å². The summed E-state index contributed by atoms with van der Waals surface area (Å²) < 4.78 is 4.33. The molecule has 28 heavy (non-hydrogen) atoms. The van der Waals surface area contributed by atoms with Crippen LogP contribution in [0.4, 0.5) is 0 Å². The lowest BCUT2D eigenvalue weighted by molar-refractivity contribution is 0.642. The molecule has 138 valence electrons. The first-order chi connectivity index (χ1) is 13.7. The molecular weight excluding hydrogens is 372 g/mol. The highest BCUT2D eigenvalue weighted by Gasteiger charge is 2.18. The van der Waals surface area contributed by atoms with Crippen molar-refractivity contribution in [2.45, 2.75) is 13.0 Å². The molecule has 0 saturated carbocycles. The third-order valence-corrected chi connectivity index (χ3v) is 5.76. The van der Waals surface area contributed by atoms with Crippen LogP contribution in [0.1, 0.15) is 16.3 Å². The van der Waals surface area contributed by atoms with Crippen LogP contribution in [0, 0.1) is 0 Å². The highest BCUT2D eigenvalue weighted by molar-refractivity contribution is 7.19. The van der Waals surface area contributed by atoms with Crippen LogP contribution in [0.25, 0.3) is 21.3 Å². The van der Waals surface area contributed by atoms with E-state index in [4.69, 9.17) is 4.98 Å². The average Bonchev–Trinajstić information content (AvgIpc) is 3.24. The molecule has 0 aromatic carbocycles. The van der Waals surface area contributed by atoms with E-state index in [1.54, 1.807) is 36.1 Å². The summed E-state index contributed by atoms with van der Waals surface area (Å²) in [6, 6.07) is 9.64. The Bertz CT molecular complexity index is 1340. The molecule has 0 atom stereocenters. The van der Waals surface area contributed by atoms with E-state index >= 15 is 0 Å². The van der Waals surface area contributed by atoms with E-state index in [1.807, 2.05) is 41.9 Å². The number of hydrogen-bond donors (Lipinski definition) is 0. The van der Waals surface area contributed by atoms with Crippen molar-refractivity contribution in [2.75, 3.05) is 0 Å². The Morgan fingerprint density at radius 2 is 2.04 bits per heavy atom. The third-order valence-electron chi connectivity index (χ3n) is 4.68. The van der Waals surface area contributed by atoms with E-state index < -0.39 is 0 Å². The fraction of sp³-hybridized carbons (Fsp3) is 0.150. The Hall–Kier alpha value is -3.39. The first-order valence-corrected chi connectivity index (χ1v) is 9.65. The zero-order valence-electron chi connectivity index (χ0n) is 15.1. The van der Waals surface area contributed by atoms with Gasteiger partial charge in [-0.1, -0.05) is 12.1 Å². The highest BCUT2D eigenvalue weighted by atomic mass is 32.1. The van der Waals surface area contributed by atoms with Crippen LogP contribution in [0.15, 0.2) is 59.9 Å². The topological polar surface area (TPSA) is 78.5 Å². The fourth-order valence-electron chi connectivity index (χ4n) is 3.34. The number of aromatic nitrogens is 6. The summed E-state index contributed by atoms with van der Waals surface area (Å²) in [5.41, 5.74) is 3.22. The summed E-state index contributed by atoms with van der Waals surface area (Å²) in [4.78, 5) is 26.2. The number of thiazole rings is 1. The van der Waals surface area contributed by atoms with E-state index in [0.717, 1.165) is 32.0 Å². The van der Waals surface area contributed by atoms with Gasteiger partial charge in [0.1, 0.15) is 10.5 Å². The molecule has 5 heterocycles. The van der Waals surface area contributed by atoms with E-state index in [1.165, 1.54) is 4.68 Å². The molecule has 0 spiro atoms. The maximum atomic E-state index is 13.0. The van der Waals surface area contributed by atoms with E-state index in [2.05, 4.69) is 15.1 Å². The predicted molar refractivity (Wildman–Crippen MR) is 109 cm³/mol. The minimum Gasteiger partial charge on any atom is -0.323 e. The molecule has 5 aromatic rings. The van der Waals surface area contributed by atoms with Gasteiger partial charge < -0.3 is 4.57 Å². The standard InChI is InChI=1S/C20H16N6OS/c1-25-17-15(11-23-26(20(17)27)12-13-5-4-7-21-10-13)18-19(25)24-16(28-18)9-14-6-2-3-8-22-14/h2-8,10-11H,9,12H2,1H3. The van der Waals surface area contributed by atoms with E-state index in [9.17, 15) is 4.79 Å². The Morgan fingerprint density at radius 1 is 1.11 bits per heavy atom. The maximum absolute atomic E-state index is 13.0. The molecule has 7 nitrogen and oxygen atoms in total. The zero-order valence-corrected chi connectivity index (χ0v) is 15.9. The van der Waals surface area contributed by atoms with Gasteiger partial charge in [-0.25, -0.2) is 9.67 Å². The van der Waals surface area contributed by atoms with Crippen LogP contribution >= 0.6 is 11.3 Å². The van der Waals surface area contributed by atoms with Gasteiger partial charge in [0.25, 0.3) is 5.56 Å². The van der Waals surface area contributed by atoms with E-state index in [-0.39, 0.29) is 5.56 Å². The number of nitrogens with zero attached hydrogens (tertiary/aromatic N) is 6. The molecule has 0 aliphatic rings. The molecular formula is C20H16N6OS. The summed E-state index contributed by atoms with van der Waals surface area (Å²) >= 11 is 1.59. The predicted octanol–water partition coefficient (Wildman–Crippen LogP) is 2.77. The first kappa shape index (κ1) is 16.8. The fourth-order valence-corrected chi connectivity index (χ4v) is 4.46. The van der Waals surface area contributed by atoms with Crippen LogP contribution in [0.5, 0.6) is 0 Å². The minimum absolute atomic E-state index is 0.125. The third kappa shape index (κ3) is 2.78. The molecule has 0 fully saturated rings.